The van der Waals surface area contributed by atoms with Crippen LogP contribution in [0.15, 0.2) is 114 Å². The van der Waals surface area contributed by atoms with E-state index >= 15 is 0 Å². The minimum atomic E-state index is -3.94. The number of sulfonamides is 1. The van der Waals surface area contributed by atoms with E-state index in [-0.39, 0.29) is 17.3 Å². The van der Waals surface area contributed by atoms with E-state index in [1.54, 1.807) is 18.3 Å². The predicted molar refractivity (Wildman–Crippen MR) is 167 cm³/mol. The molecule has 9 heteroatoms. The summed E-state index contributed by atoms with van der Waals surface area (Å²) < 4.78 is 31.8. The van der Waals surface area contributed by atoms with Crippen molar-refractivity contribution in [1.29, 1.82) is 5.41 Å². The van der Waals surface area contributed by atoms with Gasteiger partial charge in [0.25, 0.3) is 10.0 Å². The van der Waals surface area contributed by atoms with Crippen LogP contribution in [0.25, 0.3) is 21.8 Å². The van der Waals surface area contributed by atoms with Crippen LogP contribution in [0.1, 0.15) is 22.6 Å². The van der Waals surface area contributed by atoms with Gasteiger partial charge in [-0.15, -0.1) is 0 Å². The molecule has 6 aromatic rings. The number of amidine groups is 1. The maximum atomic E-state index is 14.2. The third-order valence-electron chi connectivity index (χ3n) is 7.49. The minimum Gasteiger partial charge on any atom is -0.384 e. The zero-order valence-electron chi connectivity index (χ0n) is 23.1. The first-order chi connectivity index (χ1) is 20.3. The smallest absolute Gasteiger partial charge is 0.264 e. The predicted octanol–water partition coefficient (Wildman–Crippen LogP) is 5.59. The Hall–Kier alpha value is -5.02. The molecule has 6 rings (SSSR count). The fraction of sp³-hybridized carbons (Fsp3) is 0.121. The van der Waals surface area contributed by atoms with Gasteiger partial charge in [0, 0.05) is 25.2 Å². The molecule has 0 aliphatic heterocycles. The lowest BCUT2D eigenvalue weighted by Crippen LogP contribution is -2.31. The van der Waals surface area contributed by atoms with Crippen molar-refractivity contribution >= 4 is 43.4 Å². The summed E-state index contributed by atoms with van der Waals surface area (Å²) in [6, 6.07) is 31.7. The number of nitrogen functional groups attached to an aromatic ring is 1. The van der Waals surface area contributed by atoms with Gasteiger partial charge in [-0.05, 0) is 65.2 Å². The molecule has 0 aliphatic rings. The van der Waals surface area contributed by atoms with Gasteiger partial charge in [0.15, 0.2) is 0 Å². The molecule has 0 spiro atoms. The second kappa shape index (κ2) is 11.1. The molecular weight excluding hydrogens is 544 g/mol. The van der Waals surface area contributed by atoms with E-state index in [1.807, 2.05) is 103 Å². The SMILES string of the molecule is Cn1c(CCc2ccc(C(=N)N)cc2)nc2cc(N(Cc3ccccn3)S(=O)(=O)c3ccc4ccccc4c3)ccc21. The number of aromatic nitrogens is 3. The number of anilines is 1. The van der Waals surface area contributed by atoms with Crippen LogP contribution in [0, 0.1) is 5.41 Å². The van der Waals surface area contributed by atoms with Gasteiger partial charge in [-0.25, -0.2) is 13.4 Å². The fourth-order valence-corrected chi connectivity index (χ4v) is 6.60. The highest BCUT2D eigenvalue weighted by molar-refractivity contribution is 7.92. The van der Waals surface area contributed by atoms with Gasteiger partial charge in [-0.1, -0.05) is 60.7 Å². The molecule has 0 saturated heterocycles. The number of hydrogen-bond acceptors (Lipinski definition) is 5. The monoisotopic (exact) mass is 574 g/mol. The molecule has 3 N–H and O–H groups in total. The maximum Gasteiger partial charge on any atom is 0.264 e. The van der Waals surface area contributed by atoms with Gasteiger partial charge in [0.1, 0.15) is 11.7 Å². The molecule has 0 fully saturated rings. The lowest BCUT2D eigenvalue weighted by Gasteiger charge is -2.24. The van der Waals surface area contributed by atoms with E-state index in [2.05, 4.69) is 4.98 Å². The van der Waals surface area contributed by atoms with Crippen LogP contribution in [-0.4, -0.2) is 28.8 Å². The first kappa shape index (κ1) is 27.2. The van der Waals surface area contributed by atoms with Crippen molar-refractivity contribution in [2.24, 2.45) is 12.8 Å². The van der Waals surface area contributed by atoms with Gasteiger partial charge in [-0.2, -0.15) is 0 Å². The Kier molecular flexibility index (Phi) is 7.18. The van der Waals surface area contributed by atoms with Gasteiger partial charge >= 0.3 is 0 Å². The van der Waals surface area contributed by atoms with Crippen LogP contribution >= 0.6 is 0 Å². The highest BCUT2D eigenvalue weighted by Crippen LogP contribution is 2.30. The zero-order valence-corrected chi connectivity index (χ0v) is 23.9. The van der Waals surface area contributed by atoms with E-state index in [0.29, 0.717) is 23.4 Å². The summed E-state index contributed by atoms with van der Waals surface area (Å²) in [6.07, 6.45) is 3.13. The summed E-state index contributed by atoms with van der Waals surface area (Å²) in [5.41, 5.74) is 10.2. The molecule has 210 valence electrons. The van der Waals surface area contributed by atoms with Gasteiger partial charge in [0.05, 0.1) is 33.9 Å². The van der Waals surface area contributed by atoms with Gasteiger partial charge in [0.2, 0.25) is 0 Å². The van der Waals surface area contributed by atoms with Crippen LogP contribution in [0.5, 0.6) is 0 Å². The Morgan fingerprint density at radius 1 is 0.881 bits per heavy atom. The quantitative estimate of drug-likeness (QED) is 0.173. The number of fused-ring (bicyclic) bond motifs is 2. The Labute approximate surface area is 244 Å². The Morgan fingerprint density at radius 2 is 1.64 bits per heavy atom. The molecule has 0 aliphatic carbocycles. The highest BCUT2D eigenvalue weighted by atomic mass is 32.2. The number of hydrogen-bond donors (Lipinski definition) is 2. The largest absolute Gasteiger partial charge is 0.384 e. The van der Waals surface area contributed by atoms with Crippen LogP contribution in [-0.2, 0) is 36.5 Å². The summed E-state index contributed by atoms with van der Waals surface area (Å²) in [7, 11) is -1.96. The Balaban J connectivity index is 1.35. The van der Waals surface area contributed by atoms with Crippen LogP contribution in [0.3, 0.4) is 0 Å². The third-order valence-corrected chi connectivity index (χ3v) is 9.26. The van der Waals surface area contributed by atoms with Crippen molar-refractivity contribution in [2.75, 3.05) is 4.31 Å². The van der Waals surface area contributed by atoms with Crippen LogP contribution in [0.2, 0.25) is 0 Å². The summed E-state index contributed by atoms with van der Waals surface area (Å²) in [5.74, 6) is 0.943. The summed E-state index contributed by atoms with van der Waals surface area (Å²) >= 11 is 0. The molecule has 2 aromatic heterocycles. The molecule has 0 amide bonds. The number of rotatable bonds is 9. The highest BCUT2D eigenvalue weighted by Gasteiger charge is 2.27. The molecular formula is C33H30N6O2S. The molecule has 4 aromatic carbocycles. The number of pyridine rings is 1. The number of nitrogens with zero attached hydrogens (tertiary/aromatic N) is 4. The molecule has 8 nitrogen and oxygen atoms in total. The minimum absolute atomic E-state index is 0.0485. The topological polar surface area (TPSA) is 118 Å². The average molecular weight is 575 g/mol. The summed E-state index contributed by atoms with van der Waals surface area (Å²) in [5, 5.41) is 9.42. The average Bonchev–Trinajstić information content (AvgIpc) is 3.33. The summed E-state index contributed by atoms with van der Waals surface area (Å²) in [6.45, 7) is 0.0808. The van der Waals surface area contributed by atoms with Gasteiger partial charge < -0.3 is 10.3 Å². The van der Waals surface area contributed by atoms with Gasteiger partial charge in [-0.3, -0.25) is 14.7 Å². The summed E-state index contributed by atoms with van der Waals surface area (Å²) in [4.78, 5) is 9.51. The molecule has 0 unspecified atom stereocenters. The van der Waals surface area contributed by atoms with Crippen molar-refractivity contribution in [3.05, 3.63) is 132 Å². The van der Waals surface area contributed by atoms with E-state index < -0.39 is 10.0 Å². The van der Waals surface area contributed by atoms with Crippen LogP contribution in [0.4, 0.5) is 5.69 Å². The number of imidazole rings is 1. The molecule has 2 heterocycles. The second-order valence-electron chi connectivity index (χ2n) is 10.2. The van der Waals surface area contributed by atoms with E-state index in [0.717, 1.165) is 39.6 Å². The second-order valence-corrected chi connectivity index (χ2v) is 12.1. The van der Waals surface area contributed by atoms with E-state index in [4.69, 9.17) is 16.1 Å². The first-order valence-corrected chi connectivity index (χ1v) is 15.0. The van der Waals surface area contributed by atoms with Crippen molar-refractivity contribution in [3.8, 4) is 0 Å². The molecule has 0 atom stereocenters. The zero-order chi connectivity index (χ0) is 29.3. The number of nitrogens with two attached hydrogens (primary N) is 1. The molecule has 0 radical (unpaired) electrons. The maximum absolute atomic E-state index is 14.2. The molecule has 0 bridgehead atoms. The molecule has 0 saturated carbocycles. The van der Waals surface area contributed by atoms with E-state index in [9.17, 15) is 8.42 Å². The fourth-order valence-electron chi connectivity index (χ4n) is 5.13. The van der Waals surface area contributed by atoms with Crippen LogP contribution < -0.4 is 10.0 Å². The van der Waals surface area contributed by atoms with E-state index in [1.165, 1.54) is 4.31 Å². The van der Waals surface area contributed by atoms with Crippen molar-refractivity contribution < 1.29 is 8.42 Å². The van der Waals surface area contributed by atoms with Crippen molar-refractivity contribution in [3.63, 3.8) is 0 Å². The lowest BCUT2D eigenvalue weighted by molar-refractivity contribution is 0.590. The Bertz CT molecular complexity index is 2020. The normalized spacial score (nSPS) is 11.6. The number of benzene rings is 4. The molecule has 42 heavy (non-hydrogen) atoms. The third kappa shape index (κ3) is 5.34. The first-order valence-electron chi connectivity index (χ1n) is 13.6. The standard InChI is InChI=1S/C33H30N6O2S/c1-38-31-17-15-28(21-30(31)37-32(38)18-11-23-9-12-25(13-10-23)33(34)35)39(22-27-8-4-5-19-36-27)42(40,41)29-16-14-24-6-2-3-7-26(24)20-29/h2-10,12-17,19-21H,11,18,22H2,1H3,(H3,34,35). The van der Waals surface area contributed by atoms with Crippen molar-refractivity contribution in [1.82, 2.24) is 14.5 Å². The lowest BCUT2D eigenvalue weighted by atomic mass is 10.1. The Morgan fingerprint density at radius 3 is 2.38 bits per heavy atom. The number of aryl methyl sites for hydroxylation is 3. The number of nitrogens with one attached hydrogen (secondary N) is 1. The van der Waals surface area contributed by atoms with Crippen molar-refractivity contribution in [2.45, 2.75) is 24.3 Å².